The molecule has 2 aliphatic rings. The molecular weight excluding hydrogens is 267 g/mol. The third-order valence-corrected chi connectivity index (χ3v) is 6.62. The van der Waals surface area contributed by atoms with E-state index in [1.54, 1.807) is 7.76 Å². The van der Waals surface area contributed by atoms with Crippen molar-refractivity contribution in [3.8, 4) is 0 Å². The van der Waals surface area contributed by atoms with Gasteiger partial charge in [0.25, 0.3) is 0 Å². The minimum atomic E-state index is -1.57. The quantitative estimate of drug-likeness (QED) is 0.523. The molecule has 0 aromatic rings. The first kappa shape index (κ1) is 15.0. The summed E-state index contributed by atoms with van der Waals surface area (Å²) in [6.07, 6.45) is 18.1. The van der Waals surface area contributed by atoms with Gasteiger partial charge in [-0.1, -0.05) is 0 Å². The molecule has 0 saturated carbocycles. The predicted octanol–water partition coefficient (Wildman–Crippen LogP) is 1.03. The van der Waals surface area contributed by atoms with Crippen LogP contribution in [0.5, 0.6) is 0 Å². The Hall–Kier alpha value is -0.0757. The molecule has 92 valence electrons. The van der Waals surface area contributed by atoms with Crippen LogP contribution >= 0.6 is 0 Å². The molecule has 0 spiro atoms. The van der Waals surface area contributed by atoms with Crippen molar-refractivity contribution in [3.63, 3.8) is 0 Å². The van der Waals surface area contributed by atoms with Gasteiger partial charge in [0.1, 0.15) is 0 Å². The number of hydrogen-bond acceptors (Lipinski definition) is 1. The second-order valence-corrected chi connectivity index (χ2v) is 7.66. The van der Waals surface area contributed by atoms with E-state index in [1.807, 2.05) is 0 Å². The molecule has 0 atom stereocenters. The Kier molecular flexibility index (Phi) is 7.14. The van der Waals surface area contributed by atoms with Gasteiger partial charge in [-0.2, -0.15) is 0 Å². The molecule has 0 radical (unpaired) electrons. The minimum Gasteiger partial charge on any atom is -1.00 e. The number of hydrogen-bond donors (Lipinski definition) is 0. The molecule has 0 heterocycles. The molecule has 0 aromatic heterocycles. The minimum absolute atomic E-state index is 0. The van der Waals surface area contributed by atoms with Crippen LogP contribution in [-0.4, -0.2) is 6.61 Å². The molecule has 0 amide bonds. The van der Waals surface area contributed by atoms with E-state index in [0.717, 1.165) is 19.4 Å². The van der Waals surface area contributed by atoms with E-state index in [9.17, 15) is 0 Å². The summed E-state index contributed by atoms with van der Waals surface area (Å²) in [4.78, 5) is 0. The van der Waals surface area contributed by atoms with E-state index in [0.29, 0.717) is 0 Å². The maximum atomic E-state index is 6.20. The average molecular weight is 287 g/mol. The Morgan fingerprint density at radius 1 is 1.12 bits per heavy atom. The van der Waals surface area contributed by atoms with Crippen LogP contribution in [0.2, 0.25) is 0 Å². The van der Waals surface area contributed by atoms with E-state index in [-0.39, 0.29) is 12.4 Å². The Bertz CT molecular complexity index is 325. The van der Waals surface area contributed by atoms with Gasteiger partial charge in [0.15, 0.2) is 0 Å². The third-order valence-electron chi connectivity index (χ3n) is 2.87. The zero-order valence-corrected chi connectivity index (χ0v) is 12.6. The Morgan fingerprint density at radius 2 is 1.71 bits per heavy atom. The Labute approximate surface area is 117 Å². The van der Waals surface area contributed by atoms with Crippen LogP contribution in [0.3, 0.4) is 0 Å². The van der Waals surface area contributed by atoms with Gasteiger partial charge in [-0.25, -0.2) is 0 Å². The van der Waals surface area contributed by atoms with Crippen molar-refractivity contribution in [3.05, 3.63) is 44.2 Å². The summed E-state index contributed by atoms with van der Waals surface area (Å²) >= 11 is -1.57. The van der Waals surface area contributed by atoms with Crippen LogP contribution in [0, 0.1) is 0 Å². The van der Waals surface area contributed by atoms with E-state index in [4.69, 9.17) is 3.32 Å². The van der Waals surface area contributed by atoms with Crippen LogP contribution < -0.4 is 12.4 Å². The first-order valence-electron chi connectivity index (χ1n) is 6.13. The van der Waals surface area contributed by atoms with Crippen molar-refractivity contribution in [2.75, 3.05) is 6.61 Å². The summed E-state index contributed by atoms with van der Waals surface area (Å²) in [5.74, 6) is 0. The fraction of sp³-hybridized carbons (Fsp3) is 0.429. The van der Waals surface area contributed by atoms with Crippen molar-refractivity contribution in [2.24, 2.45) is 0 Å². The van der Waals surface area contributed by atoms with Gasteiger partial charge in [-0.05, 0) is 0 Å². The standard InChI is InChI=1S/2C5H5.C4H9O.ClH.Ti/c2*1-2-4-5-3-1;1-2-3-4-5;;/h2*1-3H,4H2;2-4H2,1H3;1H;/q;;-1;;+2/p-1. The predicted molar refractivity (Wildman–Crippen MR) is 64.5 cm³/mol. The fourth-order valence-electron chi connectivity index (χ4n) is 1.94. The van der Waals surface area contributed by atoms with Crippen molar-refractivity contribution >= 4 is 0 Å². The zero-order chi connectivity index (χ0) is 11.2. The van der Waals surface area contributed by atoms with Crippen LogP contribution in [0.1, 0.15) is 32.6 Å². The molecule has 2 aliphatic carbocycles. The fourth-order valence-corrected chi connectivity index (χ4v) is 5.43. The summed E-state index contributed by atoms with van der Waals surface area (Å²) in [7, 11) is 0. The van der Waals surface area contributed by atoms with E-state index in [1.165, 1.54) is 12.8 Å². The number of unbranched alkanes of at least 4 members (excludes halogenated alkanes) is 1. The topological polar surface area (TPSA) is 9.23 Å². The summed E-state index contributed by atoms with van der Waals surface area (Å²) in [5.41, 5.74) is 0. The molecule has 0 aromatic carbocycles. The van der Waals surface area contributed by atoms with E-state index >= 15 is 0 Å². The summed E-state index contributed by atoms with van der Waals surface area (Å²) in [6.45, 7) is 3.16. The Morgan fingerprint density at radius 3 is 2.12 bits per heavy atom. The van der Waals surface area contributed by atoms with Crippen molar-refractivity contribution < 1.29 is 34.0 Å². The zero-order valence-electron chi connectivity index (χ0n) is 10.3. The van der Waals surface area contributed by atoms with Gasteiger partial charge in [-0.15, -0.1) is 0 Å². The van der Waals surface area contributed by atoms with Gasteiger partial charge in [-0.3, -0.25) is 0 Å². The molecule has 2 rings (SSSR count). The average Bonchev–Trinajstić information content (AvgIpc) is 2.97. The first-order chi connectivity index (χ1) is 7.92. The normalized spacial score (nSPS) is 16.8. The summed E-state index contributed by atoms with van der Waals surface area (Å²) < 4.78 is 9.35. The Balaban J connectivity index is 0.00000144. The molecule has 3 heteroatoms. The molecule has 17 heavy (non-hydrogen) atoms. The van der Waals surface area contributed by atoms with Crippen molar-refractivity contribution in [2.45, 2.75) is 32.6 Å². The maximum absolute atomic E-state index is 6.20. The van der Waals surface area contributed by atoms with Crippen LogP contribution in [0.25, 0.3) is 0 Å². The van der Waals surface area contributed by atoms with Gasteiger partial charge in [0.2, 0.25) is 0 Å². The smallest absolute Gasteiger partial charge is 1.00 e. The summed E-state index contributed by atoms with van der Waals surface area (Å²) in [6, 6.07) is 0. The molecular formula is C14H19ClOTi. The summed E-state index contributed by atoms with van der Waals surface area (Å²) in [5, 5.41) is 0. The van der Waals surface area contributed by atoms with Crippen molar-refractivity contribution in [1.29, 1.82) is 0 Å². The van der Waals surface area contributed by atoms with Crippen LogP contribution in [0.4, 0.5) is 0 Å². The van der Waals surface area contributed by atoms with Crippen molar-refractivity contribution in [1.82, 2.24) is 0 Å². The largest absolute Gasteiger partial charge is 1.00 e. The van der Waals surface area contributed by atoms with Crippen LogP contribution in [0.15, 0.2) is 44.2 Å². The molecule has 0 fully saturated rings. The second-order valence-electron chi connectivity index (χ2n) is 4.18. The molecule has 0 aliphatic heterocycles. The number of halogens is 1. The van der Waals surface area contributed by atoms with E-state index < -0.39 is 18.3 Å². The van der Waals surface area contributed by atoms with Gasteiger partial charge < -0.3 is 12.4 Å². The molecule has 0 unspecified atom stereocenters. The monoisotopic (exact) mass is 286 g/mol. The van der Waals surface area contributed by atoms with Gasteiger partial charge >= 0.3 is 105 Å². The second kappa shape index (κ2) is 8.10. The number of rotatable bonds is 6. The van der Waals surface area contributed by atoms with Gasteiger partial charge in [0, 0.05) is 0 Å². The first-order valence-corrected chi connectivity index (χ1v) is 8.33. The molecule has 0 saturated heterocycles. The van der Waals surface area contributed by atoms with Gasteiger partial charge in [0.05, 0.1) is 0 Å². The molecule has 1 nitrogen and oxygen atoms in total. The van der Waals surface area contributed by atoms with Crippen LogP contribution in [-0.2, 0) is 21.6 Å². The number of allylic oxidation sites excluding steroid dienone is 8. The maximum Gasteiger partial charge on any atom is -1.00 e. The SMILES string of the molecule is CCCC[O][Ti+]([C]1=CC=CC1)[C]1=CC=CC1.[Cl-]. The molecule has 0 N–H and O–H groups in total. The third kappa shape index (κ3) is 4.26. The molecule has 0 bridgehead atoms. The van der Waals surface area contributed by atoms with E-state index in [2.05, 4.69) is 43.4 Å².